The van der Waals surface area contributed by atoms with Gasteiger partial charge in [-0.15, -0.1) is 0 Å². The smallest absolute Gasteiger partial charge is 0.264 e. The second-order valence-electron chi connectivity index (χ2n) is 5.45. The number of nitrogens with one attached hydrogen (secondary N) is 1. The molecule has 1 fully saturated rings. The molecule has 0 bridgehead atoms. The van der Waals surface area contributed by atoms with Crippen LogP contribution in [0.3, 0.4) is 0 Å². The highest BCUT2D eigenvalue weighted by Gasteiger charge is 2.56. The highest BCUT2D eigenvalue weighted by atomic mass is 19.1. The van der Waals surface area contributed by atoms with Crippen molar-refractivity contribution in [3.8, 4) is 11.8 Å². The monoisotopic (exact) mass is 356 g/mol. The number of ether oxygens (including phenoxy) is 1. The number of aromatic amines is 1. The van der Waals surface area contributed by atoms with E-state index in [1.807, 2.05) is 5.92 Å². The Balaban J connectivity index is 2.23. The van der Waals surface area contributed by atoms with Crippen LogP contribution in [0.1, 0.15) is 6.23 Å². The normalized spacial score (nSPS) is 28.9. The number of aliphatic hydroxyl groups excluding tert-OH is 2. The van der Waals surface area contributed by atoms with Crippen molar-refractivity contribution >= 4 is 17.0 Å². The lowest BCUT2D eigenvalue weighted by Crippen LogP contribution is -2.46. The van der Waals surface area contributed by atoms with E-state index in [0.717, 1.165) is 10.8 Å². The van der Waals surface area contributed by atoms with Gasteiger partial charge in [0.1, 0.15) is 24.3 Å². The number of halogens is 2. The van der Waals surface area contributed by atoms with E-state index >= 15 is 0 Å². The number of aromatic nitrogens is 3. The fourth-order valence-corrected chi connectivity index (χ4v) is 2.81. The Labute approximate surface area is 138 Å². The summed E-state index contributed by atoms with van der Waals surface area (Å²) in [6.45, 7) is -1.80. The Morgan fingerprint density at radius 2 is 2.28 bits per heavy atom. The average molecular weight is 356 g/mol. The molecule has 1 saturated heterocycles. The molecular weight excluding hydrogens is 342 g/mol. The summed E-state index contributed by atoms with van der Waals surface area (Å²) in [4.78, 5) is 17.8. The van der Waals surface area contributed by atoms with Crippen molar-refractivity contribution in [3.63, 3.8) is 0 Å². The van der Waals surface area contributed by atoms with E-state index in [4.69, 9.17) is 10.5 Å². The summed E-state index contributed by atoms with van der Waals surface area (Å²) in [6, 6.07) is 0. The predicted molar refractivity (Wildman–Crippen MR) is 80.4 cm³/mol. The maximum absolute atomic E-state index is 14.2. The van der Waals surface area contributed by atoms with Gasteiger partial charge in [-0.1, -0.05) is 11.8 Å². The lowest BCUT2D eigenvalue weighted by molar-refractivity contribution is -0.0721. The van der Waals surface area contributed by atoms with Gasteiger partial charge in [0.2, 0.25) is 5.95 Å². The quantitative estimate of drug-likeness (QED) is 0.407. The van der Waals surface area contributed by atoms with E-state index in [0.29, 0.717) is 0 Å². The first-order chi connectivity index (χ1) is 11.8. The molecule has 3 unspecified atom stereocenters. The summed E-state index contributed by atoms with van der Waals surface area (Å²) in [5.74, 6) is 2.82. The standard InChI is InChI=1S/C14H14F2N4O5/c15-3-1-2-14(24)9(22)7(5-21)25-12(14)20-4-6(16)8-10(20)18-13(17)19-11(8)23/h4,7,9,12,21-22,24H,3,5H2,(H3,17,18,19,23)/t7-,9?,12?,14?/m1/s1. The second kappa shape index (κ2) is 6.08. The van der Waals surface area contributed by atoms with Crippen molar-refractivity contribution in [1.29, 1.82) is 0 Å². The lowest BCUT2D eigenvalue weighted by atomic mass is 9.94. The van der Waals surface area contributed by atoms with Crippen LogP contribution in [0.15, 0.2) is 11.0 Å². The Kier molecular flexibility index (Phi) is 4.21. The summed E-state index contributed by atoms with van der Waals surface area (Å²) in [5, 5.41) is 29.7. The number of hydrogen-bond acceptors (Lipinski definition) is 7. The molecule has 3 rings (SSSR count). The topological polar surface area (TPSA) is 147 Å². The van der Waals surface area contributed by atoms with Crippen LogP contribution in [0.4, 0.5) is 14.7 Å². The molecule has 1 aliphatic rings. The minimum absolute atomic E-state index is 0.269. The summed E-state index contributed by atoms with van der Waals surface area (Å²) < 4.78 is 32.9. The molecule has 2 aromatic heterocycles. The molecule has 3 heterocycles. The molecular formula is C14H14F2N4O5. The number of nitrogens with zero attached hydrogens (tertiary/aromatic N) is 2. The number of nitrogen functional groups attached to an aromatic ring is 1. The van der Waals surface area contributed by atoms with E-state index in [-0.39, 0.29) is 11.6 Å². The zero-order valence-electron chi connectivity index (χ0n) is 12.6. The average Bonchev–Trinajstić information content (AvgIpc) is 3.01. The maximum atomic E-state index is 14.2. The van der Waals surface area contributed by atoms with Gasteiger partial charge in [-0.2, -0.15) is 4.98 Å². The summed E-state index contributed by atoms with van der Waals surface area (Å²) in [5.41, 5.74) is 1.96. The van der Waals surface area contributed by atoms with E-state index in [1.54, 1.807) is 0 Å². The first kappa shape index (κ1) is 17.3. The van der Waals surface area contributed by atoms with Gasteiger partial charge in [0.05, 0.1) is 6.61 Å². The van der Waals surface area contributed by atoms with Gasteiger partial charge in [-0.3, -0.25) is 14.3 Å². The largest absolute Gasteiger partial charge is 0.394 e. The highest BCUT2D eigenvalue weighted by molar-refractivity contribution is 5.77. The summed E-state index contributed by atoms with van der Waals surface area (Å²) >= 11 is 0. The Bertz CT molecular complexity index is 933. The van der Waals surface area contributed by atoms with E-state index in [2.05, 4.69) is 15.9 Å². The van der Waals surface area contributed by atoms with Gasteiger partial charge >= 0.3 is 0 Å². The maximum Gasteiger partial charge on any atom is 0.264 e. The molecule has 0 spiro atoms. The van der Waals surface area contributed by atoms with Crippen molar-refractivity contribution in [1.82, 2.24) is 14.5 Å². The number of hydrogen-bond donors (Lipinski definition) is 5. The highest BCUT2D eigenvalue weighted by Crippen LogP contribution is 2.39. The third-order valence-electron chi connectivity index (χ3n) is 3.93. The number of anilines is 1. The minimum Gasteiger partial charge on any atom is -0.394 e. The molecule has 6 N–H and O–H groups in total. The zero-order valence-corrected chi connectivity index (χ0v) is 12.6. The number of aliphatic hydroxyl groups is 3. The Hall–Kier alpha value is -2.52. The van der Waals surface area contributed by atoms with Crippen LogP contribution in [0.25, 0.3) is 11.0 Å². The summed E-state index contributed by atoms with van der Waals surface area (Å²) in [7, 11) is 0. The molecule has 0 radical (unpaired) electrons. The van der Waals surface area contributed by atoms with Gasteiger partial charge < -0.3 is 25.8 Å². The fourth-order valence-electron chi connectivity index (χ4n) is 2.81. The number of rotatable bonds is 2. The van der Waals surface area contributed by atoms with E-state index in [9.17, 15) is 28.9 Å². The number of nitrogens with two attached hydrogens (primary N) is 1. The van der Waals surface area contributed by atoms with E-state index in [1.165, 1.54) is 0 Å². The molecule has 0 amide bonds. The molecule has 25 heavy (non-hydrogen) atoms. The van der Waals surface area contributed by atoms with Crippen LogP contribution in [-0.4, -0.2) is 60.9 Å². The molecule has 1 aliphatic heterocycles. The molecule has 0 saturated carbocycles. The third-order valence-corrected chi connectivity index (χ3v) is 3.93. The van der Waals surface area contributed by atoms with Crippen LogP contribution in [0.5, 0.6) is 0 Å². The first-order valence-corrected chi connectivity index (χ1v) is 7.12. The number of alkyl halides is 1. The van der Waals surface area contributed by atoms with Crippen LogP contribution in [0, 0.1) is 17.7 Å². The van der Waals surface area contributed by atoms with Crippen LogP contribution >= 0.6 is 0 Å². The summed E-state index contributed by atoms with van der Waals surface area (Å²) in [6.07, 6.45) is -3.75. The molecule has 9 nitrogen and oxygen atoms in total. The second-order valence-corrected chi connectivity index (χ2v) is 5.45. The van der Waals surface area contributed by atoms with Crippen molar-refractivity contribution < 1.29 is 28.8 Å². The van der Waals surface area contributed by atoms with Gasteiger partial charge in [-0.05, 0) is 0 Å². The predicted octanol–water partition coefficient (Wildman–Crippen LogP) is -1.60. The molecule has 11 heteroatoms. The van der Waals surface area contributed by atoms with Crippen molar-refractivity contribution in [2.75, 3.05) is 19.0 Å². The number of fused-ring (bicyclic) bond motifs is 1. The fraction of sp³-hybridized carbons (Fsp3) is 0.429. The third kappa shape index (κ3) is 2.56. The molecule has 0 aromatic carbocycles. The SMILES string of the molecule is Nc1nc2c(c(F)cn2C2O[C@H](CO)C(O)C2(O)C#CCF)c(=O)[nH]1. The molecule has 4 atom stereocenters. The van der Waals surface area contributed by atoms with Crippen LogP contribution in [-0.2, 0) is 4.74 Å². The van der Waals surface area contributed by atoms with Crippen molar-refractivity contribution in [2.24, 2.45) is 0 Å². The lowest BCUT2D eigenvalue weighted by Gasteiger charge is -2.26. The molecule has 2 aromatic rings. The van der Waals surface area contributed by atoms with Gasteiger partial charge in [0.15, 0.2) is 23.3 Å². The molecule has 0 aliphatic carbocycles. The van der Waals surface area contributed by atoms with Crippen molar-refractivity contribution in [2.45, 2.75) is 24.0 Å². The Morgan fingerprint density at radius 3 is 2.92 bits per heavy atom. The van der Waals surface area contributed by atoms with Gasteiger partial charge in [0, 0.05) is 6.20 Å². The Morgan fingerprint density at radius 1 is 1.56 bits per heavy atom. The zero-order chi connectivity index (χ0) is 18.4. The van der Waals surface area contributed by atoms with Crippen molar-refractivity contribution in [3.05, 3.63) is 22.4 Å². The minimum atomic E-state index is -2.38. The molecule has 134 valence electrons. The number of H-pyrrole nitrogens is 1. The van der Waals surface area contributed by atoms with Gasteiger partial charge in [0.25, 0.3) is 5.56 Å². The van der Waals surface area contributed by atoms with E-state index < -0.39 is 54.1 Å². The van der Waals surface area contributed by atoms with Crippen LogP contribution in [0.2, 0.25) is 0 Å². The van der Waals surface area contributed by atoms with Crippen LogP contribution < -0.4 is 11.3 Å². The first-order valence-electron chi connectivity index (χ1n) is 7.12. The van der Waals surface area contributed by atoms with Gasteiger partial charge in [-0.25, -0.2) is 8.78 Å².